The SMILES string of the molecule is Cc1cnc(C(O)c2ccc(F)c(-c3ncnc4cc(N5CCOCC5)ccc34)c2)c(C)n1. The summed E-state index contributed by atoms with van der Waals surface area (Å²) < 4.78 is 20.4. The number of benzene rings is 2. The van der Waals surface area contributed by atoms with Gasteiger partial charge in [0.25, 0.3) is 0 Å². The lowest BCUT2D eigenvalue weighted by Crippen LogP contribution is -2.36. The third-order valence-corrected chi connectivity index (χ3v) is 5.92. The molecule has 8 heteroatoms. The first-order valence-electron chi connectivity index (χ1n) is 10.9. The summed E-state index contributed by atoms with van der Waals surface area (Å²) in [6, 6.07) is 10.5. The van der Waals surface area contributed by atoms with E-state index in [1.165, 1.54) is 12.4 Å². The van der Waals surface area contributed by atoms with E-state index in [-0.39, 0.29) is 0 Å². The number of fused-ring (bicyclic) bond motifs is 1. The first kappa shape index (κ1) is 21.4. The minimum atomic E-state index is -1.03. The number of anilines is 1. The maximum Gasteiger partial charge on any atom is 0.132 e. The van der Waals surface area contributed by atoms with E-state index in [2.05, 4.69) is 24.8 Å². The van der Waals surface area contributed by atoms with Crippen LogP contribution in [0.5, 0.6) is 0 Å². The maximum atomic E-state index is 15.0. The van der Waals surface area contributed by atoms with Crippen molar-refractivity contribution in [2.24, 2.45) is 0 Å². The van der Waals surface area contributed by atoms with Crippen molar-refractivity contribution < 1.29 is 14.2 Å². The average Bonchev–Trinajstić information content (AvgIpc) is 2.84. The van der Waals surface area contributed by atoms with Crippen molar-refractivity contribution in [2.75, 3.05) is 31.2 Å². The molecule has 1 saturated heterocycles. The van der Waals surface area contributed by atoms with E-state index in [1.807, 2.05) is 25.1 Å². The van der Waals surface area contributed by atoms with Crippen molar-refractivity contribution in [3.8, 4) is 11.3 Å². The lowest BCUT2D eigenvalue weighted by Gasteiger charge is -2.29. The average molecular weight is 445 g/mol. The Labute approximate surface area is 190 Å². The van der Waals surface area contributed by atoms with Gasteiger partial charge in [0.05, 0.1) is 41.5 Å². The quantitative estimate of drug-likeness (QED) is 0.512. The largest absolute Gasteiger partial charge is 0.382 e. The topological polar surface area (TPSA) is 84.3 Å². The second-order valence-corrected chi connectivity index (χ2v) is 8.15. The summed E-state index contributed by atoms with van der Waals surface area (Å²) >= 11 is 0. The first-order valence-corrected chi connectivity index (χ1v) is 10.9. The van der Waals surface area contributed by atoms with Crippen LogP contribution in [0.25, 0.3) is 22.2 Å². The molecule has 33 heavy (non-hydrogen) atoms. The Morgan fingerprint density at radius 2 is 1.85 bits per heavy atom. The molecule has 1 aliphatic rings. The lowest BCUT2D eigenvalue weighted by atomic mass is 9.98. The Kier molecular flexibility index (Phi) is 5.70. The minimum absolute atomic E-state index is 0.302. The van der Waals surface area contributed by atoms with Crippen LogP contribution in [0, 0.1) is 19.7 Å². The van der Waals surface area contributed by atoms with Gasteiger partial charge in [0, 0.05) is 35.9 Å². The van der Waals surface area contributed by atoms with Crippen LogP contribution < -0.4 is 4.90 Å². The fourth-order valence-corrected chi connectivity index (χ4v) is 4.21. The smallest absolute Gasteiger partial charge is 0.132 e. The zero-order valence-corrected chi connectivity index (χ0v) is 18.5. The van der Waals surface area contributed by atoms with Gasteiger partial charge in [-0.3, -0.25) is 9.97 Å². The molecule has 2 aromatic heterocycles. The number of rotatable bonds is 4. The Balaban J connectivity index is 1.55. The summed E-state index contributed by atoms with van der Waals surface area (Å²) in [6.07, 6.45) is 2.03. The fraction of sp³-hybridized carbons (Fsp3) is 0.280. The predicted molar refractivity (Wildman–Crippen MR) is 124 cm³/mol. The highest BCUT2D eigenvalue weighted by Gasteiger charge is 2.20. The molecule has 1 aliphatic heterocycles. The number of ether oxygens (including phenoxy) is 1. The zero-order chi connectivity index (χ0) is 22.9. The molecule has 0 bridgehead atoms. The van der Waals surface area contributed by atoms with Crippen LogP contribution in [0.15, 0.2) is 48.9 Å². The van der Waals surface area contributed by atoms with Crippen molar-refractivity contribution in [3.63, 3.8) is 0 Å². The molecule has 1 unspecified atom stereocenters. The molecule has 5 rings (SSSR count). The number of aryl methyl sites for hydroxylation is 2. The number of nitrogens with zero attached hydrogens (tertiary/aromatic N) is 5. The number of halogens is 1. The molecule has 4 aromatic rings. The monoisotopic (exact) mass is 445 g/mol. The number of hydrogen-bond donors (Lipinski definition) is 1. The summed E-state index contributed by atoms with van der Waals surface area (Å²) in [6.45, 7) is 6.67. The highest BCUT2D eigenvalue weighted by molar-refractivity contribution is 5.94. The Morgan fingerprint density at radius 1 is 1.03 bits per heavy atom. The lowest BCUT2D eigenvalue weighted by molar-refractivity contribution is 0.122. The number of aliphatic hydroxyl groups is 1. The van der Waals surface area contributed by atoms with Crippen LogP contribution in [0.2, 0.25) is 0 Å². The molecule has 1 atom stereocenters. The number of morpholine rings is 1. The Hall–Kier alpha value is -3.49. The van der Waals surface area contributed by atoms with Gasteiger partial charge >= 0.3 is 0 Å². The molecule has 3 heterocycles. The zero-order valence-electron chi connectivity index (χ0n) is 18.5. The molecule has 0 amide bonds. The molecular weight excluding hydrogens is 421 g/mol. The van der Waals surface area contributed by atoms with Crippen LogP contribution in [0.3, 0.4) is 0 Å². The van der Waals surface area contributed by atoms with E-state index in [0.717, 1.165) is 35.4 Å². The Morgan fingerprint density at radius 3 is 2.64 bits per heavy atom. The van der Waals surface area contributed by atoms with Gasteiger partial charge in [-0.25, -0.2) is 14.4 Å². The molecular formula is C25H24FN5O2. The van der Waals surface area contributed by atoms with E-state index in [9.17, 15) is 9.50 Å². The number of aliphatic hydroxyl groups excluding tert-OH is 1. The second-order valence-electron chi connectivity index (χ2n) is 8.15. The molecule has 1 fully saturated rings. The summed E-state index contributed by atoms with van der Waals surface area (Å²) in [5.41, 5.74) is 4.93. The van der Waals surface area contributed by atoms with Crippen LogP contribution in [-0.2, 0) is 4.74 Å². The standard InChI is InChI=1S/C25H24FN5O2/c1-15-13-27-23(16(2)30-15)25(32)17-3-6-21(26)20(11-17)24-19-5-4-18(12-22(19)28-14-29-24)31-7-9-33-10-8-31/h3-6,11-14,25,32H,7-10H2,1-2H3. The molecule has 0 aliphatic carbocycles. The second kappa shape index (κ2) is 8.80. The fourth-order valence-electron chi connectivity index (χ4n) is 4.21. The van der Waals surface area contributed by atoms with E-state index in [4.69, 9.17) is 4.74 Å². The van der Waals surface area contributed by atoms with E-state index in [0.29, 0.717) is 41.4 Å². The van der Waals surface area contributed by atoms with Crippen molar-refractivity contribution in [2.45, 2.75) is 20.0 Å². The van der Waals surface area contributed by atoms with Crippen LogP contribution in [0.1, 0.15) is 28.7 Å². The summed E-state index contributed by atoms with van der Waals surface area (Å²) in [4.78, 5) is 19.8. The molecule has 1 N–H and O–H groups in total. The van der Waals surface area contributed by atoms with Gasteiger partial charge in [0.2, 0.25) is 0 Å². The van der Waals surface area contributed by atoms with E-state index < -0.39 is 11.9 Å². The van der Waals surface area contributed by atoms with Gasteiger partial charge in [0.1, 0.15) is 18.2 Å². The molecule has 168 valence electrons. The van der Waals surface area contributed by atoms with Gasteiger partial charge in [-0.2, -0.15) is 0 Å². The summed E-state index contributed by atoms with van der Waals surface area (Å²) in [5.74, 6) is -0.421. The normalized spacial score (nSPS) is 15.1. The van der Waals surface area contributed by atoms with Gasteiger partial charge in [-0.1, -0.05) is 6.07 Å². The third kappa shape index (κ3) is 4.15. The van der Waals surface area contributed by atoms with Crippen molar-refractivity contribution >= 4 is 16.6 Å². The highest BCUT2D eigenvalue weighted by Crippen LogP contribution is 2.33. The van der Waals surface area contributed by atoms with Gasteiger partial charge in [-0.05, 0) is 49.7 Å². The van der Waals surface area contributed by atoms with Crippen molar-refractivity contribution in [1.29, 1.82) is 0 Å². The molecule has 2 aromatic carbocycles. The van der Waals surface area contributed by atoms with Crippen LogP contribution >= 0.6 is 0 Å². The third-order valence-electron chi connectivity index (χ3n) is 5.92. The van der Waals surface area contributed by atoms with Crippen molar-refractivity contribution in [1.82, 2.24) is 19.9 Å². The van der Waals surface area contributed by atoms with E-state index >= 15 is 0 Å². The van der Waals surface area contributed by atoms with Crippen LogP contribution in [0.4, 0.5) is 10.1 Å². The number of hydrogen-bond acceptors (Lipinski definition) is 7. The summed E-state index contributed by atoms with van der Waals surface area (Å²) in [5, 5.41) is 11.7. The van der Waals surface area contributed by atoms with Crippen molar-refractivity contribution in [3.05, 3.63) is 77.4 Å². The molecule has 7 nitrogen and oxygen atoms in total. The Bertz CT molecular complexity index is 1320. The molecule has 0 saturated carbocycles. The molecule has 0 radical (unpaired) electrons. The summed E-state index contributed by atoms with van der Waals surface area (Å²) in [7, 11) is 0. The highest BCUT2D eigenvalue weighted by atomic mass is 19.1. The minimum Gasteiger partial charge on any atom is -0.382 e. The maximum absolute atomic E-state index is 15.0. The van der Waals surface area contributed by atoms with E-state index in [1.54, 1.807) is 25.3 Å². The predicted octanol–water partition coefficient (Wildman–Crippen LogP) is 3.76. The van der Waals surface area contributed by atoms with Crippen LogP contribution in [-0.4, -0.2) is 51.3 Å². The molecule has 0 spiro atoms. The van der Waals surface area contributed by atoms with Gasteiger partial charge in [-0.15, -0.1) is 0 Å². The van der Waals surface area contributed by atoms with Gasteiger partial charge < -0.3 is 14.7 Å². The first-order chi connectivity index (χ1) is 16.0. The number of aromatic nitrogens is 4. The van der Waals surface area contributed by atoms with Gasteiger partial charge in [0.15, 0.2) is 0 Å².